The van der Waals surface area contributed by atoms with Gasteiger partial charge in [-0.05, 0) is 92.7 Å². The molecule has 1 aliphatic carbocycles. The highest BCUT2D eigenvalue weighted by atomic mass is 16.3. The van der Waals surface area contributed by atoms with Crippen LogP contribution in [-0.2, 0) is 11.2 Å². The summed E-state index contributed by atoms with van der Waals surface area (Å²) in [7, 11) is 0. The Balaban J connectivity index is 2.13. The van der Waals surface area contributed by atoms with Crippen LogP contribution in [0.3, 0.4) is 0 Å². The van der Waals surface area contributed by atoms with Crippen molar-refractivity contribution < 1.29 is 24.6 Å². The Morgan fingerprint density at radius 2 is 1.35 bits per heavy atom. The minimum Gasteiger partial charge on any atom is -0.507 e. The molecule has 4 unspecified atom stereocenters. The van der Waals surface area contributed by atoms with Gasteiger partial charge in [-0.2, -0.15) is 0 Å². The van der Waals surface area contributed by atoms with Crippen molar-refractivity contribution in [2.45, 2.75) is 119 Å². The predicted octanol–water partition coefficient (Wildman–Crippen LogP) is 7.18. The van der Waals surface area contributed by atoms with Crippen LogP contribution in [0.4, 0.5) is 0 Å². The molecule has 1 aromatic carbocycles. The molecule has 5 nitrogen and oxygen atoms in total. The molecule has 1 aromatic rings. The van der Waals surface area contributed by atoms with Gasteiger partial charge in [0, 0.05) is 5.56 Å². The number of aromatic hydroxyl groups is 1. The van der Waals surface area contributed by atoms with Gasteiger partial charge in [0.25, 0.3) is 0 Å². The number of Topliss-reactive ketones (excluding diaryl/α,β-unsaturated/α-hetero) is 3. The fourth-order valence-electron chi connectivity index (χ4n) is 5.50. The van der Waals surface area contributed by atoms with Crippen LogP contribution >= 0.6 is 0 Å². The van der Waals surface area contributed by atoms with Crippen LogP contribution in [0, 0.1) is 43.4 Å². The first-order valence-electron chi connectivity index (χ1n) is 14.4. The third-order valence-electron chi connectivity index (χ3n) is 8.46. The van der Waals surface area contributed by atoms with Gasteiger partial charge in [-0.15, -0.1) is 0 Å². The molecule has 0 aromatic heterocycles. The van der Waals surface area contributed by atoms with E-state index in [4.69, 9.17) is 0 Å². The Kier molecular flexibility index (Phi) is 11.5. The van der Waals surface area contributed by atoms with Crippen LogP contribution in [0.15, 0.2) is 0 Å². The molecule has 4 atom stereocenters. The summed E-state index contributed by atoms with van der Waals surface area (Å²) >= 11 is 0. The number of benzene rings is 1. The van der Waals surface area contributed by atoms with Crippen LogP contribution in [-0.4, -0.2) is 33.7 Å². The number of aliphatic hydroxyl groups excluding tert-OH is 1. The molecule has 0 amide bonds. The first kappa shape index (κ1) is 31.2. The lowest BCUT2D eigenvalue weighted by Crippen LogP contribution is -2.38. The minimum absolute atomic E-state index is 0.0754. The number of aliphatic hydroxyl groups is 1. The molecule has 208 valence electrons. The number of hydrogen-bond acceptors (Lipinski definition) is 5. The molecule has 5 heteroatoms. The Labute approximate surface area is 224 Å². The lowest BCUT2D eigenvalue weighted by atomic mass is 9.73. The maximum atomic E-state index is 13.7. The summed E-state index contributed by atoms with van der Waals surface area (Å²) in [5, 5.41) is 21.5. The van der Waals surface area contributed by atoms with Gasteiger partial charge in [0.05, 0.1) is 17.6 Å². The number of carbonyl (C=O) groups is 3. The lowest BCUT2D eigenvalue weighted by Gasteiger charge is -2.28. The van der Waals surface area contributed by atoms with Crippen LogP contribution in [0.5, 0.6) is 5.75 Å². The van der Waals surface area contributed by atoms with E-state index in [0.717, 1.165) is 30.4 Å². The summed E-state index contributed by atoms with van der Waals surface area (Å²) in [6.07, 6.45) is 6.95. The molecule has 0 heterocycles. The molecule has 0 saturated heterocycles. The van der Waals surface area contributed by atoms with Crippen molar-refractivity contribution in [3.63, 3.8) is 0 Å². The summed E-state index contributed by atoms with van der Waals surface area (Å²) in [5.41, 5.74) is 2.30. The lowest BCUT2D eigenvalue weighted by molar-refractivity contribution is -0.117. The molecule has 1 aliphatic rings. The quantitative estimate of drug-likeness (QED) is 0.203. The monoisotopic (exact) mass is 514 g/mol. The molecule has 0 aliphatic heterocycles. The molecule has 0 bridgehead atoms. The van der Waals surface area contributed by atoms with Gasteiger partial charge in [0.1, 0.15) is 5.75 Å². The second-order valence-electron chi connectivity index (χ2n) is 12.5. The third kappa shape index (κ3) is 7.75. The molecule has 0 saturated carbocycles. The smallest absolute Gasteiger partial charge is 0.233 e. The van der Waals surface area contributed by atoms with Gasteiger partial charge in [0.15, 0.2) is 5.78 Å². The Morgan fingerprint density at radius 3 is 1.95 bits per heavy atom. The van der Waals surface area contributed by atoms with E-state index in [2.05, 4.69) is 34.6 Å². The van der Waals surface area contributed by atoms with Crippen molar-refractivity contribution >= 4 is 17.3 Å². The van der Waals surface area contributed by atoms with Crippen molar-refractivity contribution in [1.82, 2.24) is 0 Å². The molecule has 0 fully saturated rings. The van der Waals surface area contributed by atoms with E-state index in [1.807, 2.05) is 13.8 Å². The minimum atomic E-state index is -1.04. The zero-order valence-corrected chi connectivity index (χ0v) is 24.4. The summed E-state index contributed by atoms with van der Waals surface area (Å²) < 4.78 is 0. The van der Waals surface area contributed by atoms with Gasteiger partial charge in [-0.25, -0.2) is 0 Å². The van der Waals surface area contributed by atoms with E-state index in [1.165, 1.54) is 12.8 Å². The van der Waals surface area contributed by atoms with Crippen LogP contribution in [0.2, 0.25) is 0 Å². The summed E-state index contributed by atoms with van der Waals surface area (Å²) in [5.74, 6) is -1.51. The topological polar surface area (TPSA) is 91.7 Å². The van der Waals surface area contributed by atoms with Crippen molar-refractivity contribution in [2.24, 2.45) is 29.6 Å². The number of phenolic OH excluding ortho intramolecular Hbond substituents is 1. The standard InChI is InChI=1S/C32H50O5/c1-18(2)10-9-11-20(5)13-17-26(33)21(6)14-16-25-30(35)27-24(15-12-19(3)4)22(7)23(8)29(34)28(27)32(37)31(25)36/h18-21,25-26,33-34H,9-17H2,1-8H3. The number of phenols is 1. The molecule has 0 radical (unpaired) electrons. The zero-order valence-electron chi connectivity index (χ0n) is 24.4. The van der Waals surface area contributed by atoms with Gasteiger partial charge in [0.2, 0.25) is 11.6 Å². The van der Waals surface area contributed by atoms with Crippen LogP contribution in [0.25, 0.3) is 0 Å². The van der Waals surface area contributed by atoms with Gasteiger partial charge < -0.3 is 10.2 Å². The van der Waals surface area contributed by atoms with E-state index in [-0.39, 0.29) is 35.0 Å². The van der Waals surface area contributed by atoms with Gasteiger partial charge in [-0.1, -0.05) is 60.8 Å². The zero-order chi connectivity index (χ0) is 28.0. The number of hydrogen-bond donors (Lipinski definition) is 2. The Bertz CT molecular complexity index is 974. The molecule has 0 spiro atoms. The SMILES string of the molecule is Cc1c(C)c(CCC(C)C)c2c(c1O)C(=O)C(=O)C(CCC(C)C(O)CCC(C)CCCC(C)C)C2=O. The first-order valence-corrected chi connectivity index (χ1v) is 14.4. The summed E-state index contributed by atoms with van der Waals surface area (Å²) in [6, 6.07) is 0. The van der Waals surface area contributed by atoms with Gasteiger partial charge >= 0.3 is 0 Å². The highest BCUT2D eigenvalue weighted by Gasteiger charge is 2.44. The number of carbonyl (C=O) groups excluding carboxylic acids is 3. The van der Waals surface area contributed by atoms with Gasteiger partial charge in [-0.3, -0.25) is 14.4 Å². The molecule has 2 N–H and O–H groups in total. The average Bonchev–Trinajstić information content (AvgIpc) is 2.83. The fourth-order valence-corrected chi connectivity index (χ4v) is 5.50. The fraction of sp³-hybridized carbons (Fsp3) is 0.719. The summed E-state index contributed by atoms with van der Waals surface area (Å²) in [6.45, 7) is 16.5. The van der Waals surface area contributed by atoms with Crippen molar-refractivity contribution in [3.05, 3.63) is 27.8 Å². The number of rotatable bonds is 14. The predicted molar refractivity (Wildman–Crippen MR) is 149 cm³/mol. The highest BCUT2D eigenvalue weighted by Crippen LogP contribution is 2.40. The molecule has 37 heavy (non-hydrogen) atoms. The molecular formula is C32H50O5. The van der Waals surface area contributed by atoms with E-state index in [1.54, 1.807) is 6.92 Å². The number of fused-ring (bicyclic) bond motifs is 1. The highest BCUT2D eigenvalue weighted by molar-refractivity contribution is 6.52. The largest absolute Gasteiger partial charge is 0.507 e. The molecular weight excluding hydrogens is 464 g/mol. The van der Waals surface area contributed by atoms with E-state index < -0.39 is 23.6 Å². The first-order chi connectivity index (χ1) is 17.3. The number of ketones is 3. The Morgan fingerprint density at radius 1 is 0.730 bits per heavy atom. The van der Waals surface area contributed by atoms with E-state index in [9.17, 15) is 24.6 Å². The second-order valence-corrected chi connectivity index (χ2v) is 12.5. The van der Waals surface area contributed by atoms with Crippen LogP contribution in [0.1, 0.15) is 130 Å². The van der Waals surface area contributed by atoms with Crippen LogP contribution < -0.4 is 0 Å². The maximum absolute atomic E-state index is 13.7. The van der Waals surface area contributed by atoms with Crippen molar-refractivity contribution in [1.29, 1.82) is 0 Å². The normalized spacial score (nSPS) is 18.5. The molecule has 2 rings (SSSR count). The van der Waals surface area contributed by atoms with Crippen molar-refractivity contribution in [2.75, 3.05) is 0 Å². The average molecular weight is 515 g/mol. The van der Waals surface area contributed by atoms with E-state index in [0.29, 0.717) is 42.6 Å². The van der Waals surface area contributed by atoms with Crippen molar-refractivity contribution in [3.8, 4) is 5.75 Å². The third-order valence-corrected chi connectivity index (χ3v) is 8.46. The van der Waals surface area contributed by atoms with E-state index >= 15 is 0 Å². The summed E-state index contributed by atoms with van der Waals surface area (Å²) in [4.78, 5) is 39.8. The maximum Gasteiger partial charge on any atom is 0.233 e. The Hall–Kier alpha value is -2.01. The second kappa shape index (κ2) is 13.7.